The minimum atomic E-state index is -0.173. The number of hydrogen-bond donors (Lipinski definition) is 1. The zero-order valence-electron chi connectivity index (χ0n) is 11.2. The number of halogens is 1. The van der Waals surface area contributed by atoms with E-state index in [2.05, 4.69) is 10.3 Å². The lowest BCUT2D eigenvalue weighted by atomic mass is 10.1. The van der Waals surface area contributed by atoms with Crippen molar-refractivity contribution in [2.75, 3.05) is 5.32 Å². The molecule has 3 nitrogen and oxygen atoms in total. The van der Waals surface area contributed by atoms with Crippen molar-refractivity contribution in [3.8, 4) is 0 Å². The number of hydrogen-bond acceptors (Lipinski definition) is 2. The van der Waals surface area contributed by atoms with Crippen LogP contribution in [0.3, 0.4) is 0 Å². The Morgan fingerprint density at radius 1 is 1.10 bits per heavy atom. The summed E-state index contributed by atoms with van der Waals surface area (Å²) in [7, 11) is 0. The first-order chi connectivity index (χ1) is 9.58. The Morgan fingerprint density at radius 2 is 1.85 bits per heavy atom. The van der Waals surface area contributed by atoms with E-state index in [-0.39, 0.29) is 5.91 Å². The first-order valence-corrected chi connectivity index (χ1v) is 6.71. The third-order valence-corrected chi connectivity index (χ3v) is 3.86. The summed E-state index contributed by atoms with van der Waals surface area (Å²) < 4.78 is 0. The summed E-state index contributed by atoms with van der Waals surface area (Å²) in [4.78, 5) is 16.6. The Kier molecular flexibility index (Phi) is 3.07. The Labute approximate surface area is 122 Å². The molecule has 0 aliphatic carbocycles. The second-order valence-corrected chi connectivity index (χ2v) is 5.20. The smallest absolute Gasteiger partial charge is 0.275 e. The minimum absolute atomic E-state index is 0.173. The van der Waals surface area contributed by atoms with E-state index in [1.54, 1.807) is 0 Å². The molecule has 4 heteroatoms. The van der Waals surface area contributed by atoms with Gasteiger partial charge in [0.2, 0.25) is 0 Å². The van der Waals surface area contributed by atoms with Crippen molar-refractivity contribution >= 4 is 34.6 Å². The fraction of sp³-hybridized carbons (Fsp3) is 0.125. The maximum absolute atomic E-state index is 12.1. The van der Waals surface area contributed by atoms with Gasteiger partial charge in [-0.25, -0.2) is 4.99 Å². The summed E-state index contributed by atoms with van der Waals surface area (Å²) >= 11 is 6.09. The number of nitrogens with one attached hydrogen (secondary N) is 1. The summed E-state index contributed by atoms with van der Waals surface area (Å²) in [6.45, 7) is 3.86. The van der Waals surface area contributed by atoms with E-state index in [1.807, 2.05) is 50.2 Å². The predicted molar refractivity (Wildman–Crippen MR) is 82.2 cm³/mol. The van der Waals surface area contributed by atoms with Gasteiger partial charge in [-0.1, -0.05) is 35.9 Å². The Morgan fingerprint density at radius 3 is 2.65 bits per heavy atom. The van der Waals surface area contributed by atoms with Gasteiger partial charge >= 0.3 is 0 Å². The zero-order chi connectivity index (χ0) is 14.3. The molecule has 0 aromatic heterocycles. The van der Waals surface area contributed by atoms with Crippen LogP contribution in [0.25, 0.3) is 0 Å². The normalized spacial score (nSPS) is 15.3. The highest BCUT2D eigenvalue weighted by Crippen LogP contribution is 2.31. The fourth-order valence-corrected chi connectivity index (χ4v) is 2.44. The van der Waals surface area contributed by atoms with Gasteiger partial charge in [0.05, 0.1) is 11.4 Å². The topological polar surface area (TPSA) is 41.5 Å². The first kappa shape index (κ1) is 12.9. The van der Waals surface area contributed by atoms with Crippen molar-refractivity contribution in [2.24, 2.45) is 4.99 Å². The number of aryl methyl sites for hydroxylation is 1. The van der Waals surface area contributed by atoms with E-state index in [1.165, 1.54) is 0 Å². The van der Waals surface area contributed by atoms with Crippen LogP contribution >= 0.6 is 11.6 Å². The van der Waals surface area contributed by atoms with E-state index < -0.39 is 0 Å². The second kappa shape index (κ2) is 4.76. The maximum atomic E-state index is 12.1. The van der Waals surface area contributed by atoms with Crippen molar-refractivity contribution < 1.29 is 4.79 Å². The van der Waals surface area contributed by atoms with Gasteiger partial charge in [-0.3, -0.25) is 4.79 Å². The molecule has 1 amide bonds. The van der Waals surface area contributed by atoms with Crippen LogP contribution in [0, 0.1) is 13.8 Å². The number of rotatable bonds is 1. The molecule has 0 unspecified atom stereocenters. The molecule has 0 saturated carbocycles. The lowest BCUT2D eigenvalue weighted by Crippen LogP contribution is -2.14. The maximum Gasteiger partial charge on any atom is 0.275 e. The van der Waals surface area contributed by atoms with Crippen LogP contribution in [-0.2, 0) is 4.79 Å². The monoisotopic (exact) mass is 284 g/mol. The molecule has 20 heavy (non-hydrogen) atoms. The molecule has 0 bridgehead atoms. The molecule has 100 valence electrons. The molecule has 0 fully saturated rings. The van der Waals surface area contributed by atoms with Crippen molar-refractivity contribution in [2.45, 2.75) is 13.8 Å². The van der Waals surface area contributed by atoms with Crippen LogP contribution in [-0.4, -0.2) is 11.6 Å². The molecule has 1 aliphatic rings. The van der Waals surface area contributed by atoms with Crippen LogP contribution in [0.5, 0.6) is 0 Å². The molecular weight excluding hydrogens is 272 g/mol. The summed E-state index contributed by atoms with van der Waals surface area (Å²) in [5.41, 5.74) is 4.75. The Hall–Kier alpha value is -2.13. The number of aliphatic imine (C=N–C) groups is 1. The van der Waals surface area contributed by atoms with Gasteiger partial charge in [0, 0.05) is 10.6 Å². The van der Waals surface area contributed by atoms with E-state index in [0.29, 0.717) is 10.7 Å². The molecular formula is C16H13ClN2O. The molecule has 3 rings (SSSR count). The van der Waals surface area contributed by atoms with E-state index in [9.17, 15) is 4.79 Å². The molecule has 1 aliphatic heterocycles. The van der Waals surface area contributed by atoms with Crippen molar-refractivity contribution in [1.82, 2.24) is 0 Å². The summed E-state index contributed by atoms with van der Waals surface area (Å²) in [5, 5.41) is 3.52. The van der Waals surface area contributed by atoms with Gasteiger partial charge < -0.3 is 5.32 Å². The lowest BCUT2D eigenvalue weighted by Gasteiger charge is -2.04. The highest BCUT2D eigenvalue weighted by Gasteiger charge is 2.27. The SMILES string of the molecule is Cc1cccc2c1NC(=O)C2=Nc1cccc(Cl)c1C. The van der Waals surface area contributed by atoms with Gasteiger partial charge in [0.25, 0.3) is 5.91 Å². The largest absolute Gasteiger partial charge is 0.320 e. The molecule has 0 atom stereocenters. The highest BCUT2D eigenvalue weighted by molar-refractivity contribution is 6.54. The zero-order valence-corrected chi connectivity index (χ0v) is 12.0. The molecule has 1 heterocycles. The first-order valence-electron chi connectivity index (χ1n) is 6.33. The van der Waals surface area contributed by atoms with Gasteiger partial charge in [-0.15, -0.1) is 0 Å². The lowest BCUT2D eigenvalue weighted by molar-refractivity contribution is -0.110. The van der Waals surface area contributed by atoms with Crippen LogP contribution in [0.1, 0.15) is 16.7 Å². The van der Waals surface area contributed by atoms with E-state index in [4.69, 9.17) is 11.6 Å². The quantitative estimate of drug-likeness (QED) is 0.844. The van der Waals surface area contributed by atoms with E-state index in [0.717, 1.165) is 28.1 Å². The molecule has 0 saturated heterocycles. The highest BCUT2D eigenvalue weighted by atomic mass is 35.5. The van der Waals surface area contributed by atoms with Crippen LogP contribution in [0.2, 0.25) is 5.02 Å². The average Bonchev–Trinajstić information content (AvgIpc) is 2.74. The van der Waals surface area contributed by atoms with Gasteiger partial charge in [-0.2, -0.15) is 0 Å². The Bertz CT molecular complexity index is 750. The summed E-state index contributed by atoms with van der Waals surface area (Å²) in [6.07, 6.45) is 0. The Balaban J connectivity index is 2.16. The van der Waals surface area contributed by atoms with Crippen molar-refractivity contribution in [1.29, 1.82) is 0 Å². The van der Waals surface area contributed by atoms with Gasteiger partial charge in [0.15, 0.2) is 0 Å². The van der Waals surface area contributed by atoms with Crippen LogP contribution in [0.4, 0.5) is 11.4 Å². The fourth-order valence-electron chi connectivity index (χ4n) is 2.27. The molecule has 0 spiro atoms. The number of carbonyl (C=O) groups excluding carboxylic acids is 1. The van der Waals surface area contributed by atoms with Crippen molar-refractivity contribution in [3.05, 3.63) is 58.1 Å². The third kappa shape index (κ3) is 2.00. The van der Waals surface area contributed by atoms with Crippen LogP contribution in [0.15, 0.2) is 41.4 Å². The number of para-hydroxylation sites is 1. The number of nitrogens with zero attached hydrogens (tertiary/aromatic N) is 1. The minimum Gasteiger partial charge on any atom is -0.320 e. The van der Waals surface area contributed by atoms with Crippen molar-refractivity contribution in [3.63, 3.8) is 0 Å². The standard InChI is InChI=1S/C16H13ClN2O/c1-9-5-3-6-11-14(9)19-16(20)15(11)18-13-8-4-7-12(17)10(13)2/h3-8H,1-2H3,(H,18,19,20). The number of anilines is 1. The number of benzene rings is 2. The summed E-state index contributed by atoms with van der Waals surface area (Å²) in [5.74, 6) is -0.173. The average molecular weight is 285 g/mol. The molecule has 1 N–H and O–H groups in total. The van der Waals surface area contributed by atoms with Gasteiger partial charge in [-0.05, 0) is 37.1 Å². The molecule has 0 radical (unpaired) electrons. The number of fused-ring (bicyclic) bond motifs is 1. The number of carbonyl (C=O) groups is 1. The third-order valence-electron chi connectivity index (χ3n) is 3.45. The van der Waals surface area contributed by atoms with Crippen LogP contribution < -0.4 is 5.32 Å². The molecule has 2 aromatic rings. The molecule has 2 aromatic carbocycles. The van der Waals surface area contributed by atoms with E-state index >= 15 is 0 Å². The summed E-state index contributed by atoms with van der Waals surface area (Å²) in [6, 6.07) is 11.3. The predicted octanol–water partition coefficient (Wildman–Crippen LogP) is 4.03. The van der Waals surface area contributed by atoms with Gasteiger partial charge in [0.1, 0.15) is 5.71 Å². The second-order valence-electron chi connectivity index (χ2n) is 4.80. The number of amides is 1.